The summed E-state index contributed by atoms with van der Waals surface area (Å²) in [4.78, 5) is 4.12. The molecule has 1 aromatic carbocycles. The summed E-state index contributed by atoms with van der Waals surface area (Å²) in [5, 5.41) is 4.62. The van der Waals surface area contributed by atoms with E-state index < -0.39 is 0 Å². The molecule has 0 saturated heterocycles. The Morgan fingerprint density at radius 3 is 2.63 bits per heavy atom. The van der Waals surface area contributed by atoms with Gasteiger partial charge in [0.25, 0.3) is 0 Å². The highest BCUT2D eigenvalue weighted by Gasteiger charge is 2.10. The Morgan fingerprint density at radius 1 is 1.26 bits per heavy atom. The zero-order chi connectivity index (χ0) is 14.0. The molecule has 1 N–H and O–H groups in total. The van der Waals surface area contributed by atoms with Crippen LogP contribution in [0.1, 0.15) is 24.1 Å². The van der Waals surface area contributed by atoms with Crippen LogP contribution in [0.2, 0.25) is 10.2 Å². The summed E-state index contributed by atoms with van der Waals surface area (Å²) < 4.78 is 0.970. The lowest BCUT2D eigenvalue weighted by molar-refractivity contribution is 0.882. The molecule has 0 radical (unpaired) electrons. The summed E-state index contributed by atoms with van der Waals surface area (Å²) in [5.74, 6) is 0. The molecular formula is C14H13BrCl2N2. The molecule has 2 aromatic rings. The predicted molar refractivity (Wildman–Crippen MR) is 85.2 cm³/mol. The molecule has 0 aliphatic rings. The number of hydrogen-bond acceptors (Lipinski definition) is 2. The van der Waals surface area contributed by atoms with Crippen molar-refractivity contribution in [3.05, 3.63) is 56.2 Å². The summed E-state index contributed by atoms with van der Waals surface area (Å²) >= 11 is 15.6. The number of nitrogens with zero attached hydrogens (tertiary/aromatic N) is 1. The zero-order valence-corrected chi connectivity index (χ0v) is 13.6. The lowest BCUT2D eigenvalue weighted by Gasteiger charge is -2.17. The fraction of sp³-hybridized carbons (Fsp3) is 0.214. The number of anilines is 1. The molecule has 2 rings (SSSR count). The van der Waals surface area contributed by atoms with Gasteiger partial charge in [0.15, 0.2) is 0 Å². The van der Waals surface area contributed by atoms with Crippen molar-refractivity contribution in [3.8, 4) is 0 Å². The number of halogens is 3. The van der Waals surface area contributed by atoms with Gasteiger partial charge in [-0.25, -0.2) is 4.98 Å². The second kappa shape index (κ2) is 6.12. The lowest BCUT2D eigenvalue weighted by Crippen LogP contribution is -2.07. The average molecular weight is 360 g/mol. The lowest BCUT2D eigenvalue weighted by atomic mass is 10.1. The molecule has 0 fully saturated rings. The molecule has 0 saturated carbocycles. The third-order valence-electron chi connectivity index (χ3n) is 2.83. The quantitative estimate of drug-likeness (QED) is 0.718. The summed E-state index contributed by atoms with van der Waals surface area (Å²) in [5.41, 5.74) is 2.91. The van der Waals surface area contributed by atoms with Gasteiger partial charge in [0.2, 0.25) is 0 Å². The highest BCUT2D eigenvalue weighted by molar-refractivity contribution is 9.10. The van der Waals surface area contributed by atoms with E-state index in [1.807, 2.05) is 31.2 Å². The van der Waals surface area contributed by atoms with Gasteiger partial charge < -0.3 is 5.32 Å². The van der Waals surface area contributed by atoms with Crippen LogP contribution >= 0.6 is 39.1 Å². The van der Waals surface area contributed by atoms with E-state index in [2.05, 4.69) is 33.2 Å². The minimum absolute atomic E-state index is 0.0861. The second-order valence-electron chi connectivity index (χ2n) is 4.36. The van der Waals surface area contributed by atoms with Crippen molar-refractivity contribution in [1.82, 2.24) is 4.98 Å². The highest BCUT2D eigenvalue weighted by atomic mass is 79.9. The van der Waals surface area contributed by atoms with E-state index >= 15 is 0 Å². The third-order valence-corrected chi connectivity index (χ3v) is 4.04. The maximum atomic E-state index is 6.24. The molecule has 1 atom stereocenters. The fourth-order valence-corrected chi connectivity index (χ4v) is 2.76. The van der Waals surface area contributed by atoms with E-state index in [1.54, 1.807) is 6.20 Å². The molecule has 1 unspecified atom stereocenters. The van der Waals surface area contributed by atoms with E-state index in [-0.39, 0.29) is 6.04 Å². The fourth-order valence-electron chi connectivity index (χ4n) is 1.82. The SMILES string of the molecule is Cc1cc(NC(C)c2ccc(Br)cc2Cl)cnc1Cl. The van der Waals surface area contributed by atoms with Crippen molar-refractivity contribution < 1.29 is 0 Å². The van der Waals surface area contributed by atoms with Crippen LogP contribution in [-0.2, 0) is 0 Å². The molecule has 19 heavy (non-hydrogen) atoms. The largest absolute Gasteiger partial charge is 0.377 e. The molecule has 0 amide bonds. The maximum absolute atomic E-state index is 6.24. The van der Waals surface area contributed by atoms with Crippen molar-refractivity contribution in [3.63, 3.8) is 0 Å². The number of aryl methyl sites for hydroxylation is 1. The third kappa shape index (κ3) is 3.62. The summed E-state index contributed by atoms with van der Waals surface area (Å²) in [6.45, 7) is 3.98. The first-order valence-electron chi connectivity index (χ1n) is 5.81. The van der Waals surface area contributed by atoms with Gasteiger partial charge in [-0.05, 0) is 43.2 Å². The Morgan fingerprint density at radius 2 is 2.00 bits per heavy atom. The minimum Gasteiger partial charge on any atom is -0.377 e. The van der Waals surface area contributed by atoms with Crippen LogP contribution in [-0.4, -0.2) is 4.98 Å². The monoisotopic (exact) mass is 358 g/mol. The van der Waals surface area contributed by atoms with Crippen molar-refractivity contribution in [2.75, 3.05) is 5.32 Å². The molecule has 5 heteroatoms. The van der Waals surface area contributed by atoms with Crippen molar-refractivity contribution in [2.24, 2.45) is 0 Å². The van der Waals surface area contributed by atoms with Gasteiger partial charge in [0.1, 0.15) is 5.15 Å². The molecular weight excluding hydrogens is 347 g/mol. The van der Waals surface area contributed by atoms with Gasteiger partial charge in [-0.2, -0.15) is 0 Å². The van der Waals surface area contributed by atoms with Crippen LogP contribution in [0.5, 0.6) is 0 Å². The van der Waals surface area contributed by atoms with Gasteiger partial charge in [-0.1, -0.05) is 45.2 Å². The molecule has 0 aliphatic heterocycles. The number of rotatable bonds is 3. The van der Waals surface area contributed by atoms with E-state index in [0.717, 1.165) is 26.3 Å². The van der Waals surface area contributed by atoms with E-state index in [4.69, 9.17) is 23.2 Å². The standard InChI is InChI=1S/C14H13BrCl2N2/c1-8-5-11(7-18-14(8)17)19-9(2)12-4-3-10(15)6-13(12)16/h3-7,9,19H,1-2H3. The average Bonchev–Trinajstić information content (AvgIpc) is 2.33. The second-order valence-corrected chi connectivity index (χ2v) is 6.04. The molecule has 0 spiro atoms. The number of benzene rings is 1. The van der Waals surface area contributed by atoms with Crippen molar-refractivity contribution >= 4 is 44.8 Å². The van der Waals surface area contributed by atoms with E-state index in [1.165, 1.54) is 0 Å². The highest BCUT2D eigenvalue weighted by Crippen LogP contribution is 2.29. The van der Waals surface area contributed by atoms with Crippen LogP contribution in [0.15, 0.2) is 34.9 Å². The minimum atomic E-state index is 0.0861. The zero-order valence-electron chi connectivity index (χ0n) is 10.5. The van der Waals surface area contributed by atoms with Crippen LogP contribution in [0.4, 0.5) is 5.69 Å². The van der Waals surface area contributed by atoms with E-state index in [0.29, 0.717) is 5.15 Å². The Kier molecular flexibility index (Phi) is 4.71. The number of hydrogen-bond donors (Lipinski definition) is 1. The molecule has 0 aliphatic carbocycles. The number of nitrogens with one attached hydrogen (secondary N) is 1. The normalized spacial score (nSPS) is 12.3. The van der Waals surface area contributed by atoms with Crippen molar-refractivity contribution in [2.45, 2.75) is 19.9 Å². The van der Waals surface area contributed by atoms with Crippen LogP contribution in [0.25, 0.3) is 0 Å². The molecule has 1 aromatic heterocycles. The first-order chi connectivity index (χ1) is 8.97. The molecule has 1 heterocycles. The smallest absolute Gasteiger partial charge is 0.132 e. The van der Waals surface area contributed by atoms with E-state index in [9.17, 15) is 0 Å². The van der Waals surface area contributed by atoms with Crippen LogP contribution in [0, 0.1) is 6.92 Å². The summed E-state index contributed by atoms with van der Waals surface area (Å²) in [7, 11) is 0. The summed E-state index contributed by atoms with van der Waals surface area (Å²) in [6.07, 6.45) is 1.72. The van der Waals surface area contributed by atoms with Gasteiger partial charge in [0.05, 0.1) is 17.9 Å². The first-order valence-corrected chi connectivity index (χ1v) is 7.36. The van der Waals surface area contributed by atoms with Crippen molar-refractivity contribution in [1.29, 1.82) is 0 Å². The predicted octanol–water partition coefficient (Wildman–Crippen LogP) is 5.63. The topological polar surface area (TPSA) is 24.9 Å². The maximum Gasteiger partial charge on any atom is 0.132 e. The molecule has 2 nitrogen and oxygen atoms in total. The number of aromatic nitrogens is 1. The Hall–Kier alpha value is -0.770. The van der Waals surface area contributed by atoms with Crippen LogP contribution < -0.4 is 5.32 Å². The molecule has 0 bridgehead atoms. The van der Waals surface area contributed by atoms with Gasteiger partial charge in [-0.15, -0.1) is 0 Å². The van der Waals surface area contributed by atoms with Gasteiger partial charge in [-0.3, -0.25) is 0 Å². The van der Waals surface area contributed by atoms with Gasteiger partial charge >= 0.3 is 0 Å². The Balaban J connectivity index is 2.20. The first kappa shape index (κ1) is 14.6. The number of pyridine rings is 1. The Bertz CT molecular complexity index is 602. The molecule has 100 valence electrons. The van der Waals surface area contributed by atoms with Crippen LogP contribution in [0.3, 0.4) is 0 Å². The van der Waals surface area contributed by atoms with Gasteiger partial charge in [0, 0.05) is 9.50 Å². The Labute approximate surface area is 131 Å². The summed E-state index contributed by atoms with van der Waals surface area (Å²) in [6, 6.07) is 7.92.